The van der Waals surface area contributed by atoms with E-state index in [2.05, 4.69) is 33.0 Å². The molecular formula is C26H26N4O5. The lowest BCUT2D eigenvalue weighted by molar-refractivity contribution is -0.139. The number of carbonyl (C=O) groups is 3. The van der Waals surface area contributed by atoms with Crippen LogP contribution in [0.3, 0.4) is 0 Å². The first-order valence-corrected chi connectivity index (χ1v) is 11.2. The van der Waals surface area contributed by atoms with E-state index in [0.717, 1.165) is 27.8 Å². The molecule has 0 saturated carbocycles. The molecule has 1 unspecified atom stereocenters. The molecule has 4 N–H and O–H groups in total. The van der Waals surface area contributed by atoms with Gasteiger partial charge in [-0.1, -0.05) is 60.2 Å². The number of carboxylic acid groups (broad SMARTS) is 1. The average Bonchev–Trinajstić information content (AvgIpc) is 3.43. The van der Waals surface area contributed by atoms with Gasteiger partial charge in [-0.15, -0.1) is 0 Å². The number of aromatic amines is 1. The Morgan fingerprint density at radius 2 is 1.71 bits per heavy atom. The van der Waals surface area contributed by atoms with E-state index in [0.29, 0.717) is 0 Å². The maximum absolute atomic E-state index is 12.4. The van der Waals surface area contributed by atoms with Crippen LogP contribution < -0.4 is 10.6 Å². The fourth-order valence-electron chi connectivity index (χ4n) is 4.05. The molecule has 0 radical (unpaired) electrons. The number of nitrogens with one attached hydrogen (secondary N) is 3. The van der Waals surface area contributed by atoms with E-state index in [1.54, 1.807) is 6.08 Å². The van der Waals surface area contributed by atoms with Crippen LogP contribution in [0.25, 0.3) is 11.1 Å². The van der Waals surface area contributed by atoms with Gasteiger partial charge in [0.15, 0.2) is 5.82 Å². The summed E-state index contributed by atoms with van der Waals surface area (Å²) in [5, 5.41) is 20.7. The van der Waals surface area contributed by atoms with Crippen LogP contribution in [-0.4, -0.2) is 45.9 Å². The number of H-pyrrole nitrogens is 1. The quantitative estimate of drug-likeness (QED) is 0.360. The van der Waals surface area contributed by atoms with Crippen molar-refractivity contribution in [2.24, 2.45) is 0 Å². The second kappa shape index (κ2) is 10.3. The molecule has 2 aromatic carbocycles. The van der Waals surface area contributed by atoms with Crippen LogP contribution in [0.5, 0.6) is 0 Å². The zero-order valence-corrected chi connectivity index (χ0v) is 19.4. The lowest BCUT2D eigenvalue weighted by Gasteiger charge is -2.14. The van der Waals surface area contributed by atoms with Gasteiger partial charge in [-0.3, -0.25) is 15.2 Å². The Morgan fingerprint density at radius 1 is 1.09 bits per heavy atom. The molecule has 1 aromatic heterocycles. The Morgan fingerprint density at radius 3 is 2.31 bits per heavy atom. The highest BCUT2D eigenvalue weighted by Crippen LogP contribution is 2.44. The van der Waals surface area contributed by atoms with Crippen molar-refractivity contribution in [3.63, 3.8) is 0 Å². The number of carbonyl (C=O) groups excluding carboxylic acids is 2. The molecule has 2 amide bonds. The first kappa shape index (κ1) is 23.7. The molecule has 9 nitrogen and oxygen atoms in total. The number of fused-ring (bicyclic) bond motifs is 3. The molecule has 180 valence electrons. The third kappa shape index (κ3) is 5.40. The standard InChI is InChI=1S/C26H26N4O5/c1-15(2)11-12-21(25(32)33)27-24(31)22-13-23(30-29-22)28-26(34)35-14-20-18-9-5-3-7-16(18)17-8-4-6-10-19(17)20/h3-11,13,20-21H,12,14H2,1-2H3,(H,27,31)(H,32,33)(H2,28,29,30,34). The number of aromatic nitrogens is 2. The van der Waals surface area contributed by atoms with Gasteiger partial charge in [0.25, 0.3) is 5.91 Å². The summed E-state index contributed by atoms with van der Waals surface area (Å²) in [5.74, 6) is -1.79. The summed E-state index contributed by atoms with van der Waals surface area (Å²) in [6.45, 7) is 3.83. The Kier molecular flexibility index (Phi) is 6.96. The minimum absolute atomic E-state index is 0.0161. The van der Waals surface area contributed by atoms with Crippen LogP contribution in [0.1, 0.15) is 47.8 Å². The average molecular weight is 475 g/mol. The number of aliphatic carboxylic acids is 1. The van der Waals surface area contributed by atoms with Gasteiger partial charge >= 0.3 is 12.1 Å². The number of carboxylic acids is 1. The number of hydrogen-bond donors (Lipinski definition) is 4. The van der Waals surface area contributed by atoms with Gasteiger partial charge in [0.05, 0.1) is 0 Å². The molecule has 1 aliphatic rings. The number of amides is 2. The van der Waals surface area contributed by atoms with Crippen LogP contribution in [0.15, 0.2) is 66.2 Å². The minimum Gasteiger partial charge on any atom is -0.480 e. The maximum Gasteiger partial charge on any atom is 0.412 e. The highest BCUT2D eigenvalue weighted by Gasteiger charge is 2.29. The van der Waals surface area contributed by atoms with Crippen molar-refractivity contribution < 1.29 is 24.2 Å². The van der Waals surface area contributed by atoms with Crippen molar-refractivity contribution in [3.05, 3.63) is 83.1 Å². The lowest BCUT2D eigenvalue weighted by atomic mass is 9.98. The molecule has 0 spiro atoms. The Hall–Kier alpha value is -4.40. The summed E-state index contributed by atoms with van der Waals surface area (Å²) in [7, 11) is 0. The number of allylic oxidation sites excluding steroid dienone is 1. The van der Waals surface area contributed by atoms with Gasteiger partial charge in [-0.25, -0.2) is 9.59 Å². The van der Waals surface area contributed by atoms with Crippen molar-refractivity contribution in [3.8, 4) is 11.1 Å². The summed E-state index contributed by atoms with van der Waals surface area (Å²) >= 11 is 0. The number of rotatable bonds is 8. The van der Waals surface area contributed by atoms with E-state index < -0.39 is 24.0 Å². The van der Waals surface area contributed by atoms with Crippen LogP contribution in [0.2, 0.25) is 0 Å². The molecule has 1 atom stereocenters. The minimum atomic E-state index is -1.15. The Balaban J connectivity index is 1.35. The zero-order valence-electron chi connectivity index (χ0n) is 19.4. The van der Waals surface area contributed by atoms with Crippen molar-refractivity contribution >= 4 is 23.8 Å². The molecule has 0 bridgehead atoms. The van der Waals surface area contributed by atoms with E-state index in [4.69, 9.17) is 4.74 Å². The predicted molar refractivity (Wildman–Crippen MR) is 130 cm³/mol. The summed E-state index contributed by atoms with van der Waals surface area (Å²) in [6.07, 6.45) is 1.18. The van der Waals surface area contributed by atoms with Crippen molar-refractivity contribution in [1.29, 1.82) is 0 Å². The molecule has 0 fully saturated rings. The summed E-state index contributed by atoms with van der Waals surface area (Å²) in [4.78, 5) is 36.3. The van der Waals surface area contributed by atoms with Gasteiger partial charge in [0, 0.05) is 12.0 Å². The fraction of sp³-hybridized carbons (Fsp3) is 0.231. The first-order valence-electron chi connectivity index (χ1n) is 11.2. The maximum atomic E-state index is 12.4. The third-order valence-electron chi connectivity index (χ3n) is 5.76. The monoisotopic (exact) mass is 474 g/mol. The summed E-state index contributed by atoms with van der Waals surface area (Å²) < 4.78 is 5.48. The SMILES string of the molecule is CC(C)=CCC(NC(=O)c1cc(NC(=O)OCC2c3ccccc3-c3ccccc32)n[nH]1)C(=O)O. The molecule has 0 saturated heterocycles. The Labute approximate surface area is 202 Å². The Bertz CT molecular complexity index is 1250. The predicted octanol–water partition coefficient (Wildman–Crippen LogP) is 4.31. The number of anilines is 1. The molecular weight excluding hydrogens is 448 g/mol. The van der Waals surface area contributed by atoms with E-state index in [-0.39, 0.29) is 30.5 Å². The van der Waals surface area contributed by atoms with Gasteiger partial charge in [-0.2, -0.15) is 5.10 Å². The zero-order chi connectivity index (χ0) is 24.9. The first-order chi connectivity index (χ1) is 16.8. The number of benzene rings is 2. The molecule has 3 aromatic rings. The molecule has 4 rings (SSSR count). The normalized spacial score (nSPS) is 12.7. The van der Waals surface area contributed by atoms with Crippen molar-refractivity contribution in [2.45, 2.75) is 32.2 Å². The number of hydrogen-bond acceptors (Lipinski definition) is 5. The molecule has 1 heterocycles. The molecule has 0 aliphatic heterocycles. The summed E-state index contributed by atoms with van der Waals surface area (Å²) in [6, 6.07) is 16.3. The summed E-state index contributed by atoms with van der Waals surface area (Å²) in [5.41, 5.74) is 5.42. The largest absolute Gasteiger partial charge is 0.480 e. The van der Waals surface area contributed by atoms with Gasteiger partial charge in [-0.05, 0) is 42.5 Å². The fourth-order valence-corrected chi connectivity index (χ4v) is 4.05. The second-order valence-corrected chi connectivity index (χ2v) is 8.50. The molecule has 9 heteroatoms. The molecule has 1 aliphatic carbocycles. The lowest BCUT2D eigenvalue weighted by Crippen LogP contribution is -2.40. The smallest absolute Gasteiger partial charge is 0.412 e. The van der Waals surface area contributed by atoms with E-state index in [1.807, 2.05) is 50.2 Å². The van der Waals surface area contributed by atoms with Crippen LogP contribution >= 0.6 is 0 Å². The van der Waals surface area contributed by atoms with E-state index in [1.165, 1.54) is 6.07 Å². The van der Waals surface area contributed by atoms with E-state index in [9.17, 15) is 19.5 Å². The van der Waals surface area contributed by atoms with Crippen LogP contribution in [0, 0.1) is 0 Å². The molecule has 35 heavy (non-hydrogen) atoms. The topological polar surface area (TPSA) is 133 Å². The number of ether oxygens (including phenoxy) is 1. The van der Waals surface area contributed by atoms with Crippen LogP contribution in [0.4, 0.5) is 10.6 Å². The van der Waals surface area contributed by atoms with Crippen molar-refractivity contribution in [2.75, 3.05) is 11.9 Å². The van der Waals surface area contributed by atoms with Gasteiger partial charge in [0.1, 0.15) is 18.3 Å². The van der Waals surface area contributed by atoms with Crippen LogP contribution in [-0.2, 0) is 9.53 Å². The highest BCUT2D eigenvalue weighted by atomic mass is 16.5. The second-order valence-electron chi connectivity index (χ2n) is 8.50. The van der Waals surface area contributed by atoms with E-state index >= 15 is 0 Å². The van der Waals surface area contributed by atoms with Gasteiger partial charge in [0.2, 0.25) is 0 Å². The highest BCUT2D eigenvalue weighted by molar-refractivity contribution is 5.96. The van der Waals surface area contributed by atoms with Gasteiger partial charge < -0.3 is 15.2 Å². The van der Waals surface area contributed by atoms with Crippen molar-refractivity contribution in [1.82, 2.24) is 15.5 Å². The third-order valence-corrected chi connectivity index (χ3v) is 5.76. The number of nitrogens with zero attached hydrogens (tertiary/aromatic N) is 1.